The molecule has 1 aliphatic heterocycles. The first-order valence-corrected chi connectivity index (χ1v) is 10.3. The molecule has 1 N–H and O–H groups in total. The fourth-order valence-corrected chi connectivity index (χ4v) is 4.05. The van der Waals surface area contributed by atoms with Crippen molar-refractivity contribution in [3.05, 3.63) is 68.2 Å². The zero-order valence-electron chi connectivity index (χ0n) is 17.0. The summed E-state index contributed by atoms with van der Waals surface area (Å²) in [6.45, 7) is 6.29. The topological polar surface area (TPSA) is 56.1 Å². The van der Waals surface area contributed by atoms with Gasteiger partial charge in [0.15, 0.2) is 0 Å². The molecule has 0 bridgehead atoms. The van der Waals surface area contributed by atoms with Crippen molar-refractivity contribution in [2.75, 3.05) is 17.3 Å². The second-order valence-corrected chi connectivity index (χ2v) is 8.93. The van der Waals surface area contributed by atoms with E-state index in [0.29, 0.717) is 21.3 Å². The molecule has 7 heteroatoms. The molecular formula is C23H20Cl3N3O. The highest BCUT2D eigenvalue weighted by Crippen LogP contribution is 2.41. The molecule has 3 rings (SSSR count). The van der Waals surface area contributed by atoms with Crippen LogP contribution in [0.3, 0.4) is 0 Å². The number of anilines is 2. The summed E-state index contributed by atoms with van der Waals surface area (Å²) >= 11 is 18.5. The Morgan fingerprint density at radius 3 is 2.50 bits per heavy atom. The lowest BCUT2D eigenvalue weighted by atomic mass is 9.88. The molecule has 0 fully saturated rings. The van der Waals surface area contributed by atoms with Crippen molar-refractivity contribution in [3.63, 3.8) is 0 Å². The number of halogens is 3. The maximum atomic E-state index is 12.6. The molecule has 0 aliphatic carbocycles. The Morgan fingerprint density at radius 1 is 1.17 bits per heavy atom. The average molecular weight is 461 g/mol. The third-order valence-electron chi connectivity index (χ3n) is 5.18. The van der Waals surface area contributed by atoms with Crippen LogP contribution in [0.2, 0.25) is 15.1 Å². The first kappa shape index (κ1) is 22.2. The van der Waals surface area contributed by atoms with E-state index in [4.69, 9.17) is 34.8 Å². The monoisotopic (exact) mass is 459 g/mol. The number of nitriles is 1. The maximum absolute atomic E-state index is 12.6. The molecular weight excluding hydrogens is 441 g/mol. The zero-order chi connectivity index (χ0) is 22.2. The molecule has 1 amide bonds. The second kappa shape index (κ2) is 8.35. The van der Waals surface area contributed by atoms with Crippen LogP contribution < -0.4 is 10.2 Å². The number of benzene rings is 2. The molecule has 1 aliphatic rings. The van der Waals surface area contributed by atoms with Crippen molar-refractivity contribution in [1.82, 2.24) is 0 Å². The Bertz CT molecular complexity index is 1140. The second-order valence-electron chi connectivity index (χ2n) is 7.68. The van der Waals surface area contributed by atoms with Gasteiger partial charge in [-0.05, 0) is 68.3 Å². The van der Waals surface area contributed by atoms with Gasteiger partial charge < -0.3 is 10.2 Å². The fraction of sp³-hybridized carbons (Fsp3) is 0.217. The predicted octanol–water partition coefficient (Wildman–Crippen LogP) is 6.82. The number of carbonyl (C=O) groups excluding carboxylic acids is 1. The molecule has 2 aromatic carbocycles. The first-order chi connectivity index (χ1) is 14.0. The van der Waals surface area contributed by atoms with Crippen molar-refractivity contribution in [3.8, 4) is 6.07 Å². The van der Waals surface area contributed by atoms with Crippen molar-refractivity contribution in [2.24, 2.45) is 0 Å². The average Bonchev–Trinajstić information content (AvgIpc) is 2.66. The minimum absolute atomic E-state index is 0.0889. The van der Waals surface area contributed by atoms with Crippen LogP contribution in [0.1, 0.15) is 31.9 Å². The van der Waals surface area contributed by atoms with E-state index in [1.807, 2.05) is 32.2 Å². The molecule has 0 aromatic heterocycles. The van der Waals surface area contributed by atoms with E-state index in [1.165, 1.54) is 12.1 Å². The van der Waals surface area contributed by atoms with Crippen LogP contribution in [0.4, 0.5) is 11.4 Å². The number of allylic oxidation sites excluding steroid dienone is 1. The highest BCUT2D eigenvalue weighted by molar-refractivity contribution is 6.37. The van der Waals surface area contributed by atoms with Crippen LogP contribution in [0.15, 0.2) is 42.0 Å². The van der Waals surface area contributed by atoms with Gasteiger partial charge in [-0.3, -0.25) is 4.79 Å². The van der Waals surface area contributed by atoms with E-state index in [9.17, 15) is 10.1 Å². The number of nitrogens with zero attached hydrogens (tertiary/aromatic N) is 2. The minimum Gasteiger partial charge on any atom is -0.365 e. The van der Waals surface area contributed by atoms with Crippen LogP contribution in [-0.4, -0.2) is 18.5 Å². The zero-order valence-corrected chi connectivity index (χ0v) is 19.2. The van der Waals surface area contributed by atoms with Gasteiger partial charge in [0.1, 0.15) is 11.6 Å². The molecule has 2 aromatic rings. The number of fused-ring (bicyclic) bond motifs is 1. The number of carbonyl (C=O) groups is 1. The lowest BCUT2D eigenvalue weighted by Crippen LogP contribution is -2.42. The van der Waals surface area contributed by atoms with Gasteiger partial charge in [0.05, 0.1) is 16.2 Å². The Labute approximate surface area is 191 Å². The SMILES string of the molecule is CC1=CC(C)(C)N(C)c2cc(Cl)c(/C=C(\C#N)C(=O)Nc3ccc(Cl)cc3Cl)cc21. The van der Waals surface area contributed by atoms with Gasteiger partial charge >= 0.3 is 0 Å². The third-order valence-corrected chi connectivity index (χ3v) is 6.05. The summed E-state index contributed by atoms with van der Waals surface area (Å²) in [7, 11) is 2.01. The summed E-state index contributed by atoms with van der Waals surface area (Å²) in [5.41, 5.74) is 3.83. The van der Waals surface area contributed by atoms with Gasteiger partial charge in [-0.1, -0.05) is 40.9 Å². The van der Waals surface area contributed by atoms with Crippen molar-refractivity contribution < 1.29 is 4.79 Å². The maximum Gasteiger partial charge on any atom is 0.266 e. The summed E-state index contributed by atoms with van der Waals surface area (Å²) in [6.07, 6.45) is 3.66. The number of nitrogens with one attached hydrogen (secondary N) is 1. The first-order valence-electron chi connectivity index (χ1n) is 9.19. The molecule has 0 saturated carbocycles. The van der Waals surface area contributed by atoms with E-state index in [1.54, 1.807) is 12.1 Å². The van der Waals surface area contributed by atoms with Gasteiger partial charge in [-0.2, -0.15) is 5.26 Å². The molecule has 4 nitrogen and oxygen atoms in total. The highest BCUT2D eigenvalue weighted by atomic mass is 35.5. The summed E-state index contributed by atoms with van der Waals surface area (Å²) < 4.78 is 0. The fourth-order valence-electron chi connectivity index (χ4n) is 3.38. The lowest BCUT2D eigenvalue weighted by molar-refractivity contribution is -0.112. The summed E-state index contributed by atoms with van der Waals surface area (Å²) in [5.74, 6) is -0.582. The summed E-state index contributed by atoms with van der Waals surface area (Å²) in [6, 6.07) is 10.4. The van der Waals surface area contributed by atoms with E-state index >= 15 is 0 Å². The number of hydrogen-bond donors (Lipinski definition) is 1. The Hall–Kier alpha value is -2.45. The lowest BCUT2D eigenvalue weighted by Gasteiger charge is -2.40. The smallest absolute Gasteiger partial charge is 0.266 e. The third kappa shape index (κ3) is 4.34. The predicted molar refractivity (Wildman–Crippen MR) is 126 cm³/mol. The van der Waals surface area contributed by atoms with Crippen LogP contribution in [0.5, 0.6) is 0 Å². The van der Waals surface area contributed by atoms with Crippen molar-refractivity contribution in [1.29, 1.82) is 5.26 Å². The minimum atomic E-state index is -0.582. The molecule has 0 atom stereocenters. The quantitative estimate of drug-likeness (QED) is 0.403. The Kier molecular flexibility index (Phi) is 6.19. The number of hydrogen-bond acceptors (Lipinski definition) is 3. The van der Waals surface area contributed by atoms with Gasteiger partial charge in [0, 0.05) is 28.3 Å². The van der Waals surface area contributed by atoms with Crippen LogP contribution in [0, 0.1) is 11.3 Å². The highest BCUT2D eigenvalue weighted by Gasteiger charge is 2.29. The summed E-state index contributed by atoms with van der Waals surface area (Å²) in [5, 5.41) is 13.4. The molecule has 0 unspecified atom stereocenters. The van der Waals surface area contributed by atoms with Gasteiger partial charge in [0.25, 0.3) is 5.91 Å². The Morgan fingerprint density at radius 2 is 1.87 bits per heavy atom. The number of rotatable bonds is 3. The number of amides is 1. The normalized spacial score (nSPS) is 15.2. The molecule has 30 heavy (non-hydrogen) atoms. The molecule has 0 spiro atoms. The molecule has 154 valence electrons. The van der Waals surface area contributed by atoms with Crippen molar-refractivity contribution in [2.45, 2.75) is 26.3 Å². The van der Waals surface area contributed by atoms with Crippen LogP contribution in [0.25, 0.3) is 11.6 Å². The van der Waals surface area contributed by atoms with Crippen LogP contribution in [-0.2, 0) is 4.79 Å². The Balaban J connectivity index is 1.98. The summed E-state index contributed by atoms with van der Waals surface area (Å²) in [4.78, 5) is 14.8. The molecule has 0 radical (unpaired) electrons. The van der Waals surface area contributed by atoms with Gasteiger partial charge in [-0.15, -0.1) is 0 Å². The van der Waals surface area contributed by atoms with Crippen molar-refractivity contribution >= 4 is 63.7 Å². The molecule has 0 saturated heterocycles. The van der Waals surface area contributed by atoms with E-state index in [0.717, 1.165) is 16.8 Å². The van der Waals surface area contributed by atoms with E-state index in [-0.39, 0.29) is 16.1 Å². The van der Waals surface area contributed by atoms with E-state index < -0.39 is 5.91 Å². The van der Waals surface area contributed by atoms with Crippen LogP contribution >= 0.6 is 34.8 Å². The van der Waals surface area contributed by atoms with E-state index in [2.05, 4.69) is 30.1 Å². The number of likely N-dealkylation sites (N-methyl/N-ethyl adjacent to an activating group) is 1. The largest absolute Gasteiger partial charge is 0.365 e. The molecule has 1 heterocycles. The standard InChI is InChI=1S/C23H20Cl3N3O/c1-13-11-23(2,3)29(4)21-10-18(25)14(8-17(13)21)7-15(12-27)22(30)28-20-6-5-16(24)9-19(20)26/h5-11H,1-4H3,(H,28,30)/b15-7+. The van der Waals surface area contributed by atoms with Gasteiger partial charge in [-0.25, -0.2) is 0 Å². The van der Waals surface area contributed by atoms with Gasteiger partial charge in [0.2, 0.25) is 0 Å².